The molecular weight excluding hydrogens is 282 g/mol. The molecule has 1 saturated heterocycles. The SMILES string of the molecule is COc1cccc(C2CCCN2C(=O)CSC(C)(C)C)c1. The third-order valence-electron chi connectivity index (χ3n) is 3.68. The summed E-state index contributed by atoms with van der Waals surface area (Å²) in [7, 11) is 1.68. The zero-order chi connectivity index (χ0) is 15.5. The van der Waals surface area contributed by atoms with Gasteiger partial charge in [-0.25, -0.2) is 0 Å². The summed E-state index contributed by atoms with van der Waals surface area (Å²) in [5.74, 6) is 1.67. The summed E-state index contributed by atoms with van der Waals surface area (Å²) in [6, 6.07) is 8.29. The minimum Gasteiger partial charge on any atom is -0.497 e. The van der Waals surface area contributed by atoms with Crippen LogP contribution in [0.3, 0.4) is 0 Å². The molecule has 0 aromatic heterocycles. The number of likely N-dealkylation sites (tertiary alicyclic amines) is 1. The molecule has 1 unspecified atom stereocenters. The molecule has 1 amide bonds. The smallest absolute Gasteiger partial charge is 0.233 e. The van der Waals surface area contributed by atoms with Crippen molar-refractivity contribution in [2.75, 3.05) is 19.4 Å². The van der Waals surface area contributed by atoms with E-state index in [9.17, 15) is 4.79 Å². The van der Waals surface area contributed by atoms with E-state index in [0.717, 1.165) is 25.1 Å². The second-order valence-corrected chi connectivity index (χ2v) is 8.22. The maximum atomic E-state index is 12.5. The number of amides is 1. The van der Waals surface area contributed by atoms with Crippen molar-refractivity contribution >= 4 is 17.7 Å². The predicted octanol–water partition coefficient (Wildman–Crippen LogP) is 3.89. The van der Waals surface area contributed by atoms with E-state index in [4.69, 9.17) is 4.74 Å². The first-order chi connectivity index (χ1) is 9.90. The first-order valence-electron chi connectivity index (χ1n) is 7.48. The fourth-order valence-corrected chi connectivity index (χ4v) is 3.34. The molecule has 116 valence electrons. The maximum absolute atomic E-state index is 12.5. The molecule has 1 fully saturated rings. The zero-order valence-electron chi connectivity index (χ0n) is 13.4. The van der Waals surface area contributed by atoms with Gasteiger partial charge in [0.1, 0.15) is 5.75 Å². The topological polar surface area (TPSA) is 29.5 Å². The number of thioether (sulfide) groups is 1. The molecule has 0 saturated carbocycles. The van der Waals surface area contributed by atoms with Gasteiger partial charge in [0.25, 0.3) is 0 Å². The highest BCUT2D eigenvalue weighted by atomic mass is 32.2. The van der Waals surface area contributed by atoms with Crippen molar-refractivity contribution in [2.24, 2.45) is 0 Å². The van der Waals surface area contributed by atoms with Crippen LogP contribution in [0.25, 0.3) is 0 Å². The minimum absolute atomic E-state index is 0.126. The van der Waals surface area contributed by atoms with Crippen LogP contribution in [0.4, 0.5) is 0 Å². The summed E-state index contributed by atoms with van der Waals surface area (Å²) in [6.07, 6.45) is 2.12. The molecule has 1 aliphatic heterocycles. The van der Waals surface area contributed by atoms with Gasteiger partial charge in [-0.05, 0) is 30.5 Å². The quantitative estimate of drug-likeness (QED) is 0.845. The summed E-state index contributed by atoms with van der Waals surface area (Å²) in [6.45, 7) is 7.31. The highest BCUT2D eigenvalue weighted by molar-refractivity contribution is 8.01. The fraction of sp³-hybridized carbons (Fsp3) is 0.588. The average Bonchev–Trinajstić information content (AvgIpc) is 2.93. The summed E-state index contributed by atoms with van der Waals surface area (Å²) in [4.78, 5) is 14.5. The van der Waals surface area contributed by atoms with Gasteiger partial charge in [-0.2, -0.15) is 0 Å². The molecule has 2 rings (SSSR count). The number of carbonyl (C=O) groups is 1. The van der Waals surface area contributed by atoms with E-state index in [0.29, 0.717) is 5.75 Å². The number of rotatable bonds is 4. The standard InChI is InChI=1S/C17H25NO2S/c1-17(2,3)21-12-16(19)18-10-6-9-15(18)13-7-5-8-14(11-13)20-4/h5,7-8,11,15H,6,9-10,12H2,1-4H3. The monoisotopic (exact) mass is 307 g/mol. The lowest BCUT2D eigenvalue weighted by molar-refractivity contribution is -0.129. The van der Waals surface area contributed by atoms with Gasteiger partial charge in [0.2, 0.25) is 5.91 Å². The Morgan fingerprint density at radius 2 is 2.19 bits per heavy atom. The summed E-state index contributed by atoms with van der Waals surface area (Å²) < 4.78 is 5.42. The first-order valence-corrected chi connectivity index (χ1v) is 8.46. The molecule has 1 aromatic rings. The number of nitrogens with zero attached hydrogens (tertiary/aromatic N) is 1. The van der Waals surface area contributed by atoms with Crippen LogP contribution in [0.15, 0.2) is 24.3 Å². The Morgan fingerprint density at radius 3 is 2.86 bits per heavy atom. The number of carbonyl (C=O) groups excluding carboxylic acids is 1. The van der Waals surface area contributed by atoms with E-state index in [1.165, 1.54) is 5.56 Å². The van der Waals surface area contributed by atoms with Crippen molar-refractivity contribution in [1.82, 2.24) is 4.90 Å². The molecule has 1 aliphatic rings. The van der Waals surface area contributed by atoms with Gasteiger partial charge in [0.05, 0.1) is 18.9 Å². The predicted molar refractivity (Wildman–Crippen MR) is 88.9 cm³/mol. The van der Waals surface area contributed by atoms with Crippen molar-refractivity contribution in [3.05, 3.63) is 29.8 Å². The largest absolute Gasteiger partial charge is 0.497 e. The van der Waals surface area contributed by atoms with Crippen molar-refractivity contribution < 1.29 is 9.53 Å². The number of methoxy groups -OCH3 is 1. The van der Waals surface area contributed by atoms with Gasteiger partial charge < -0.3 is 9.64 Å². The Morgan fingerprint density at radius 1 is 1.43 bits per heavy atom. The molecule has 4 heteroatoms. The fourth-order valence-electron chi connectivity index (χ4n) is 2.62. The summed E-state index contributed by atoms with van der Waals surface area (Å²) in [5.41, 5.74) is 1.18. The molecule has 3 nitrogen and oxygen atoms in total. The van der Waals surface area contributed by atoms with E-state index in [1.54, 1.807) is 18.9 Å². The van der Waals surface area contributed by atoms with E-state index in [-0.39, 0.29) is 16.7 Å². The third kappa shape index (κ3) is 4.40. The first kappa shape index (κ1) is 16.2. The van der Waals surface area contributed by atoms with Crippen LogP contribution < -0.4 is 4.74 Å². The Bertz CT molecular complexity index is 496. The molecule has 0 N–H and O–H groups in total. The minimum atomic E-state index is 0.126. The van der Waals surface area contributed by atoms with Crippen LogP contribution in [-0.2, 0) is 4.79 Å². The molecular formula is C17H25NO2S. The molecule has 0 bridgehead atoms. The van der Waals surface area contributed by atoms with Crippen LogP contribution in [0, 0.1) is 0 Å². The van der Waals surface area contributed by atoms with Crippen molar-refractivity contribution in [1.29, 1.82) is 0 Å². The Labute approximate surface area is 132 Å². The van der Waals surface area contributed by atoms with Crippen molar-refractivity contribution in [2.45, 2.75) is 44.4 Å². The highest BCUT2D eigenvalue weighted by Crippen LogP contribution is 2.34. The Kier molecular flexibility index (Phi) is 5.20. The second-order valence-electron chi connectivity index (χ2n) is 6.42. The van der Waals surface area contributed by atoms with Gasteiger partial charge in [-0.15, -0.1) is 11.8 Å². The molecule has 1 atom stereocenters. The van der Waals surface area contributed by atoms with Crippen LogP contribution in [0.2, 0.25) is 0 Å². The lowest BCUT2D eigenvalue weighted by Gasteiger charge is -2.27. The average molecular weight is 307 g/mol. The zero-order valence-corrected chi connectivity index (χ0v) is 14.2. The number of hydrogen-bond acceptors (Lipinski definition) is 3. The third-order valence-corrected chi connectivity index (χ3v) is 4.94. The van der Waals surface area contributed by atoms with Crippen LogP contribution in [0.1, 0.15) is 45.2 Å². The Balaban J connectivity index is 2.07. The van der Waals surface area contributed by atoms with E-state index < -0.39 is 0 Å². The van der Waals surface area contributed by atoms with Gasteiger partial charge in [-0.1, -0.05) is 32.9 Å². The van der Waals surface area contributed by atoms with Crippen molar-refractivity contribution in [3.8, 4) is 5.75 Å². The van der Waals surface area contributed by atoms with Crippen LogP contribution in [-0.4, -0.2) is 35.0 Å². The number of hydrogen-bond donors (Lipinski definition) is 0. The second kappa shape index (κ2) is 6.73. The molecule has 0 spiro atoms. The lowest BCUT2D eigenvalue weighted by atomic mass is 10.0. The highest BCUT2D eigenvalue weighted by Gasteiger charge is 2.30. The van der Waals surface area contributed by atoms with Gasteiger partial charge in [0.15, 0.2) is 0 Å². The van der Waals surface area contributed by atoms with Crippen LogP contribution >= 0.6 is 11.8 Å². The van der Waals surface area contributed by atoms with Gasteiger partial charge >= 0.3 is 0 Å². The van der Waals surface area contributed by atoms with Gasteiger partial charge in [0, 0.05) is 11.3 Å². The van der Waals surface area contributed by atoms with Gasteiger partial charge in [-0.3, -0.25) is 4.79 Å². The maximum Gasteiger partial charge on any atom is 0.233 e. The molecule has 21 heavy (non-hydrogen) atoms. The normalized spacial score (nSPS) is 18.9. The number of ether oxygens (including phenoxy) is 1. The van der Waals surface area contributed by atoms with Crippen molar-refractivity contribution in [3.63, 3.8) is 0 Å². The summed E-state index contributed by atoms with van der Waals surface area (Å²) in [5, 5.41) is 0. The molecule has 0 aliphatic carbocycles. The Hall–Kier alpha value is -1.16. The van der Waals surface area contributed by atoms with E-state index in [1.807, 2.05) is 23.1 Å². The molecule has 1 heterocycles. The van der Waals surface area contributed by atoms with E-state index in [2.05, 4.69) is 26.8 Å². The molecule has 1 aromatic carbocycles. The van der Waals surface area contributed by atoms with E-state index >= 15 is 0 Å². The summed E-state index contributed by atoms with van der Waals surface area (Å²) >= 11 is 1.72. The molecule has 0 radical (unpaired) electrons. The van der Waals surface area contributed by atoms with Crippen LogP contribution in [0.5, 0.6) is 5.75 Å². The number of benzene rings is 1. The lowest BCUT2D eigenvalue weighted by Crippen LogP contribution is -2.33.